The molecular weight excluding hydrogens is 352 g/mol. The van der Waals surface area contributed by atoms with E-state index in [1.165, 1.54) is 19.8 Å². The van der Waals surface area contributed by atoms with Crippen LogP contribution in [0.1, 0.15) is 47.6 Å². The lowest BCUT2D eigenvalue weighted by molar-refractivity contribution is 0.436. The number of benzene rings is 1. The average Bonchev–Trinajstić information content (AvgIpc) is 2.80. The number of halogens is 2. The summed E-state index contributed by atoms with van der Waals surface area (Å²) in [6.07, 6.45) is 1.13. The Labute approximate surface area is 139 Å². The van der Waals surface area contributed by atoms with E-state index in [1.54, 1.807) is 11.3 Å². The second kappa shape index (κ2) is 7.11. The molecule has 0 amide bonds. The third-order valence-electron chi connectivity index (χ3n) is 3.90. The molecule has 3 atom stereocenters. The fraction of sp³-hybridized carbons (Fsp3) is 0.412. The van der Waals surface area contributed by atoms with E-state index < -0.39 is 0 Å². The molecule has 3 unspecified atom stereocenters. The fourth-order valence-corrected chi connectivity index (χ4v) is 4.70. The molecule has 0 saturated carbocycles. The first-order valence-corrected chi connectivity index (χ1v) is 9.04. The van der Waals surface area contributed by atoms with Gasteiger partial charge in [0.1, 0.15) is 0 Å². The van der Waals surface area contributed by atoms with Gasteiger partial charge in [0.2, 0.25) is 0 Å². The third kappa shape index (κ3) is 3.47. The van der Waals surface area contributed by atoms with Crippen LogP contribution in [0.4, 0.5) is 0 Å². The monoisotopic (exact) mass is 370 g/mol. The van der Waals surface area contributed by atoms with Gasteiger partial charge in [-0.3, -0.25) is 0 Å². The lowest BCUT2D eigenvalue weighted by atomic mass is 9.82. The Bertz CT molecular complexity index is 530. The van der Waals surface area contributed by atoms with Gasteiger partial charge in [-0.15, -0.1) is 22.9 Å². The van der Waals surface area contributed by atoms with Crippen molar-refractivity contribution in [1.82, 2.24) is 0 Å². The van der Waals surface area contributed by atoms with E-state index in [4.69, 9.17) is 11.6 Å². The van der Waals surface area contributed by atoms with Crippen LogP contribution in [0, 0.1) is 12.8 Å². The van der Waals surface area contributed by atoms with Gasteiger partial charge in [-0.25, -0.2) is 0 Å². The number of thiophene rings is 1. The molecule has 20 heavy (non-hydrogen) atoms. The molecule has 0 nitrogen and oxygen atoms in total. The molecule has 0 aliphatic rings. The molecule has 1 heterocycles. The molecule has 0 N–H and O–H groups in total. The summed E-state index contributed by atoms with van der Waals surface area (Å²) in [5, 5.41) is 0.0300. The summed E-state index contributed by atoms with van der Waals surface area (Å²) < 4.78 is 1.19. The Morgan fingerprint density at radius 1 is 1.25 bits per heavy atom. The topological polar surface area (TPSA) is 0 Å². The van der Waals surface area contributed by atoms with Crippen molar-refractivity contribution < 1.29 is 0 Å². The summed E-state index contributed by atoms with van der Waals surface area (Å²) in [6.45, 7) is 6.65. The first kappa shape index (κ1) is 16.1. The molecular formula is C17H20BrClS. The Morgan fingerprint density at radius 2 is 1.90 bits per heavy atom. The molecule has 0 fully saturated rings. The molecule has 0 bridgehead atoms. The van der Waals surface area contributed by atoms with E-state index >= 15 is 0 Å². The zero-order valence-electron chi connectivity index (χ0n) is 12.1. The van der Waals surface area contributed by atoms with E-state index in [1.807, 2.05) is 0 Å². The summed E-state index contributed by atoms with van der Waals surface area (Å²) in [6, 6.07) is 12.9. The molecule has 0 spiro atoms. The van der Waals surface area contributed by atoms with E-state index in [0.29, 0.717) is 11.8 Å². The lowest BCUT2D eigenvalue weighted by Gasteiger charge is -2.27. The first-order chi connectivity index (χ1) is 9.54. The molecule has 0 saturated heterocycles. The van der Waals surface area contributed by atoms with Crippen molar-refractivity contribution in [3.8, 4) is 0 Å². The van der Waals surface area contributed by atoms with Gasteiger partial charge in [0.05, 0.1) is 9.16 Å². The predicted octanol–water partition coefficient (Wildman–Crippen LogP) is 6.93. The standard InChI is InChI=1S/C17H20BrClS/c1-4-11(2)15(13-8-6-5-7-9-13)16(19)14-10-12(3)17(18)20-14/h5-11,15-16H,4H2,1-3H3. The summed E-state index contributed by atoms with van der Waals surface area (Å²) in [4.78, 5) is 1.25. The minimum Gasteiger partial charge on any atom is -0.131 e. The van der Waals surface area contributed by atoms with Gasteiger partial charge in [-0.1, -0.05) is 50.6 Å². The summed E-state index contributed by atoms with van der Waals surface area (Å²) in [5.74, 6) is 0.911. The van der Waals surface area contributed by atoms with E-state index in [-0.39, 0.29) is 5.38 Å². The van der Waals surface area contributed by atoms with Crippen LogP contribution < -0.4 is 0 Å². The van der Waals surface area contributed by atoms with Crippen molar-refractivity contribution in [2.24, 2.45) is 5.92 Å². The SMILES string of the molecule is CCC(C)C(c1ccccc1)C(Cl)c1cc(C)c(Br)s1. The van der Waals surface area contributed by atoms with E-state index in [0.717, 1.165) is 6.42 Å². The van der Waals surface area contributed by atoms with Crippen LogP contribution in [-0.2, 0) is 0 Å². The van der Waals surface area contributed by atoms with Gasteiger partial charge in [-0.05, 0) is 46.0 Å². The first-order valence-electron chi connectivity index (χ1n) is 6.99. The normalized spacial score (nSPS) is 15.8. The minimum absolute atomic E-state index is 0.0300. The van der Waals surface area contributed by atoms with Gasteiger partial charge in [0.15, 0.2) is 0 Å². The zero-order chi connectivity index (χ0) is 14.7. The maximum absolute atomic E-state index is 6.86. The quantitative estimate of drug-likeness (QED) is 0.500. The number of hydrogen-bond donors (Lipinski definition) is 0. The maximum Gasteiger partial charge on any atom is 0.0749 e. The molecule has 3 heteroatoms. The fourth-order valence-electron chi connectivity index (χ4n) is 2.51. The second-order valence-electron chi connectivity index (χ2n) is 5.33. The van der Waals surface area contributed by atoms with Gasteiger partial charge < -0.3 is 0 Å². The molecule has 0 aliphatic heterocycles. The van der Waals surface area contributed by atoms with Crippen molar-refractivity contribution >= 4 is 38.9 Å². The molecule has 1 aromatic carbocycles. The van der Waals surface area contributed by atoms with E-state index in [2.05, 4.69) is 73.1 Å². The lowest BCUT2D eigenvalue weighted by Crippen LogP contribution is -2.14. The largest absolute Gasteiger partial charge is 0.131 e. The van der Waals surface area contributed by atoms with Crippen molar-refractivity contribution in [2.45, 2.75) is 38.5 Å². The summed E-state index contributed by atoms with van der Waals surface area (Å²) in [7, 11) is 0. The highest BCUT2D eigenvalue weighted by Gasteiger charge is 2.28. The van der Waals surface area contributed by atoms with Crippen LogP contribution in [0.2, 0.25) is 0 Å². The predicted molar refractivity (Wildman–Crippen MR) is 94.0 cm³/mol. The van der Waals surface area contributed by atoms with Crippen molar-refractivity contribution in [3.63, 3.8) is 0 Å². The Kier molecular flexibility index (Phi) is 5.71. The van der Waals surface area contributed by atoms with Gasteiger partial charge in [0, 0.05) is 10.8 Å². The van der Waals surface area contributed by atoms with Crippen LogP contribution in [0.15, 0.2) is 40.2 Å². The minimum atomic E-state index is 0.0300. The molecule has 0 aliphatic carbocycles. The van der Waals surface area contributed by atoms with Crippen molar-refractivity contribution in [3.05, 3.63) is 56.2 Å². The Hall–Kier alpha value is -0.310. The van der Waals surface area contributed by atoms with Crippen LogP contribution in [-0.4, -0.2) is 0 Å². The van der Waals surface area contributed by atoms with Crippen molar-refractivity contribution in [2.75, 3.05) is 0 Å². The molecule has 2 rings (SSSR count). The maximum atomic E-state index is 6.86. The molecule has 0 radical (unpaired) electrons. The highest BCUT2D eigenvalue weighted by Crippen LogP contribution is 2.46. The van der Waals surface area contributed by atoms with Gasteiger partial charge >= 0.3 is 0 Å². The number of hydrogen-bond acceptors (Lipinski definition) is 1. The van der Waals surface area contributed by atoms with Crippen LogP contribution in [0.3, 0.4) is 0 Å². The number of aryl methyl sites for hydroxylation is 1. The van der Waals surface area contributed by atoms with Crippen LogP contribution in [0.5, 0.6) is 0 Å². The third-order valence-corrected chi connectivity index (χ3v) is 6.76. The van der Waals surface area contributed by atoms with Gasteiger partial charge in [0.25, 0.3) is 0 Å². The highest BCUT2D eigenvalue weighted by molar-refractivity contribution is 9.11. The smallest absolute Gasteiger partial charge is 0.0749 e. The molecule has 2 aromatic rings. The molecule has 1 aromatic heterocycles. The summed E-state index contributed by atoms with van der Waals surface area (Å²) >= 11 is 12.2. The Balaban J connectivity index is 2.36. The highest BCUT2D eigenvalue weighted by atomic mass is 79.9. The Morgan fingerprint density at radius 3 is 2.40 bits per heavy atom. The molecule has 108 valence electrons. The van der Waals surface area contributed by atoms with Crippen LogP contribution >= 0.6 is 38.9 Å². The van der Waals surface area contributed by atoms with E-state index in [9.17, 15) is 0 Å². The second-order valence-corrected chi connectivity index (χ2v) is 8.20. The zero-order valence-corrected chi connectivity index (χ0v) is 15.2. The van der Waals surface area contributed by atoms with Gasteiger partial charge in [-0.2, -0.15) is 0 Å². The number of rotatable bonds is 5. The number of alkyl halides is 1. The average molecular weight is 372 g/mol. The van der Waals surface area contributed by atoms with Crippen LogP contribution in [0.25, 0.3) is 0 Å². The summed E-state index contributed by atoms with van der Waals surface area (Å²) in [5.41, 5.74) is 2.61. The van der Waals surface area contributed by atoms with Crippen molar-refractivity contribution in [1.29, 1.82) is 0 Å².